The summed E-state index contributed by atoms with van der Waals surface area (Å²) in [5, 5.41) is 4.18. The van der Waals surface area contributed by atoms with Gasteiger partial charge in [-0.1, -0.05) is 48.0 Å². The van der Waals surface area contributed by atoms with Crippen LogP contribution in [0.1, 0.15) is 36.0 Å². The van der Waals surface area contributed by atoms with Crippen LogP contribution in [0.4, 0.5) is 0 Å². The van der Waals surface area contributed by atoms with Crippen LogP contribution in [-0.2, 0) is 0 Å². The molecule has 1 aliphatic heterocycles. The fourth-order valence-electron chi connectivity index (χ4n) is 2.83. The van der Waals surface area contributed by atoms with Crippen LogP contribution in [0.5, 0.6) is 0 Å². The number of piperidine rings is 1. The Hall–Kier alpha value is -1.26. The Morgan fingerprint density at radius 2 is 1.88 bits per heavy atom. The number of hydrogen-bond donors (Lipinski definition) is 1. The number of benzene rings is 1. The van der Waals surface area contributed by atoms with Crippen LogP contribution >= 0.6 is 35.0 Å². The van der Waals surface area contributed by atoms with E-state index < -0.39 is 0 Å². The maximum atomic E-state index is 12.5. The molecule has 0 aromatic heterocycles. The smallest absolute Gasteiger partial charge is 0.166 e. The maximum absolute atomic E-state index is 12.5. The molecule has 1 aromatic carbocycles. The Labute approximate surface area is 170 Å². The van der Waals surface area contributed by atoms with E-state index in [1.165, 1.54) is 0 Å². The van der Waals surface area contributed by atoms with Crippen molar-refractivity contribution in [3.05, 3.63) is 70.4 Å². The van der Waals surface area contributed by atoms with Crippen molar-refractivity contribution in [3.8, 4) is 0 Å². The summed E-state index contributed by atoms with van der Waals surface area (Å²) in [6.45, 7) is 5.51. The number of ketones is 1. The van der Waals surface area contributed by atoms with Crippen LogP contribution in [0, 0.1) is 0 Å². The molecular formula is C20H23Cl3N2O. The highest BCUT2D eigenvalue weighted by Crippen LogP contribution is 2.26. The van der Waals surface area contributed by atoms with Crippen LogP contribution in [0.25, 0.3) is 0 Å². The van der Waals surface area contributed by atoms with Crippen molar-refractivity contribution in [1.29, 1.82) is 0 Å². The molecule has 6 heteroatoms. The van der Waals surface area contributed by atoms with Gasteiger partial charge in [0.05, 0.1) is 15.6 Å². The molecule has 0 unspecified atom stereocenters. The predicted molar refractivity (Wildman–Crippen MR) is 111 cm³/mol. The molecule has 0 atom stereocenters. The Morgan fingerprint density at radius 1 is 1.23 bits per heavy atom. The number of Topliss-reactive ketones (excluding diaryl/α,β-unsaturated/α-hetero) is 1. The molecule has 26 heavy (non-hydrogen) atoms. The van der Waals surface area contributed by atoms with Gasteiger partial charge in [-0.3, -0.25) is 4.79 Å². The van der Waals surface area contributed by atoms with E-state index in [1.807, 2.05) is 22.8 Å². The zero-order valence-electron chi connectivity index (χ0n) is 14.6. The maximum Gasteiger partial charge on any atom is 0.166 e. The van der Waals surface area contributed by atoms with Gasteiger partial charge in [-0.2, -0.15) is 0 Å². The second kappa shape index (κ2) is 10.8. The molecule has 1 aliphatic rings. The van der Waals surface area contributed by atoms with Crippen molar-refractivity contribution in [3.63, 3.8) is 0 Å². The second-order valence-corrected chi connectivity index (χ2v) is 7.47. The molecule has 0 saturated carbocycles. The van der Waals surface area contributed by atoms with E-state index >= 15 is 0 Å². The highest BCUT2D eigenvalue weighted by Gasteiger charge is 2.16. The number of rotatable bonds is 8. The van der Waals surface area contributed by atoms with Gasteiger partial charge in [0.15, 0.2) is 5.78 Å². The third-order valence-electron chi connectivity index (χ3n) is 4.28. The molecule has 1 aromatic rings. The van der Waals surface area contributed by atoms with Gasteiger partial charge in [-0.15, -0.1) is 0 Å². The number of hydrogen-bond acceptors (Lipinski definition) is 3. The Kier molecular flexibility index (Phi) is 8.73. The predicted octanol–water partition coefficient (Wildman–Crippen LogP) is 5.79. The molecule has 0 aliphatic carbocycles. The average Bonchev–Trinajstić information content (AvgIpc) is 2.61. The molecule has 0 bridgehead atoms. The van der Waals surface area contributed by atoms with Crippen molar-refractivity contribution in [1.82, 2.24) is 9.74 Å². The van der Waals surface area contributed by atoms with E-state index in [-0.39, 0.29) is 5.78 Å². The summed E-state index contributed by atoms with van der Waals surface area (Å²) in [4.78, 5) is 12.5. The quantitative estimate of drug-likeness (QED) is 0.332. The first-order valence-electron chi connectivity index (χ1n) is 8.63. The molecule has 2 rings (SSSR count). The second-order valence-electron chi connectivity index (χ2n) is 6.18. The minimum absolute atomic E-state index is 0.0635. The number of nitrogens with one attached hydrogen (secondary N) is 1. The van der Waals surface area contributed by atoms with E-state index in [4.69, 9.17) is 35.0 Å². The summed E-state index contributed by atoms with van der Waals surface area (Å²) < 4.78 is 1.82. The number of allylic oxidation sites excluding steroid dienone is 4. The Morgan fingerprint density at radius 3 is 2.50 bits per heavy atom. The summed E-state index contributed by atoms with van der Waals surface area (Å²) in [5.74, 6) is -0.0635. The standard InChI is InChI=1S/C20H23Cl3N2O/c1-2-4-15(9-12-24-16-10-13-25(23)14-11-16)7-8-19(26)20-17(21)5-3-6-18(20)22/h2-6,9,12,16,24H,1,7-8,10-11,13-14H2/b12-9+,15-4-. The highest BCUT2D eigenvalue weighted by molar-refractivity contribution is 6.39. The summed E-state index contributed by atoms with van der Waals surface area (Å²) in [6, 6.07) is 5.51. The van der Waals surface area contributed by atoms with Crippen LogP contribution in [-0.4, -0.2) is 29.3 Å². The van der Waals surface area contributed by atoms with Gasteiger partial charge in [0.1, 0.15) is 0 Å². The lowest BCUT2D eigenvalue weighted by Gasteiger charge is -2.27. The van der Waals surface area contributed by atoms with E-state index in [1.54, 1.807) is 24.3 Å². The molecular weight excluding hydrogens is 391 g/mol. The molecule has 140 valence electrons. The lowest BCUT2D eigenvalue weighted by molar-refractivity contribution is 0.0983. The lowest BCUT2D eigenvalue weighted by Crippen LogP contribution is -2.36. The molecule has 1 fully saturated rings. The Bertz CT molecular complexity index is 672. The molecule has 0 spiro atoms. The lowest BCUT2D eigenvalue weighted by atomic mass is 10.0. The summed E-state index contributed by atoms with van der Waals surface area (Å²) in [5.41, 5.74) is 1.41. The SMILES string of the molecule is C=C/C=C(\C=C\NC1CCN(Cl)CC1)CCC(=O)c1c(Cl)cccc1Cl. The number of carbonyl (C=O) groups excluding carboxylic acids is 1. The normalized spacial score (nSPS) is 16.8. The van der Waals surface area contributed by atoms with Gasteiger partial charge in [0.2, 0.25) is 0 Å². The first-order valence-corrected chi connectivity index (χ1v) is 9.72. The number of halogens is 3. The molecule has 3 nitrogen and oxygen atoms in total. The summed E-state index contributed by atoms with van der Waals surface area (Å²) in [6.07, 6.45) is 10.5. The summed E-state index contributed by atoms with van der Waals surface area (Å²) >= 11 is 18.2. The molecule has 1 saturated heterocycles. The highest BCUT2D eigenvalue weighted by atomic mass is 35.5. The average molecular weight is 414 g/mol. The van der Waals surface area contributed by atoms with Crippen molar-refractivity contribution >= 4 is 40.8 Å². The van der Waals surface area contributed by atoms with Gasteiger partial charge in [0, 0.05) is 25.6 Å². The number of carbonyl (C=O) groups is 1. The monoisotopic (exact) mass is 412 g/mol. The van der Waals surface area contributed by atoms with Crippen molar-refractivity contribution in [2.24, 2.45) is 0 Å². The molecule has 1 heterocycles. The third-order valence-corrected chi connectivity index (χ3v) is 5.25. The van der Waals surface area contributed by atoms with E-state index in [0.717, 1.165) is 31.5 Å². The molecule has 1 N–H and O–H groups in total. The summed E-state index contributed by atoms with van der Waals surface area (Å²) in [7, 11) is 0. The zero-order chi connectivity index (χ0) is 18.9. The van der Waals surface area contributed by atoms with Gasteiger partial charge >= 0.3 is 0 Å². The molecule has 0 radical (unpaired) electrons. The van der Waals surface area contributed by atoms with E-state index in [9.17, 15) is 4.79 Å². The van der Waals surface area contributed by atoms with Crippen molar-refractivity contribution < 1.29 is 4.79 Å². The minimum atomic E-state index is -0.0635. The first kappa shape index (κ1) is 21.0. The van der Waals surface area contributed by atoms with Gasteiger partial charge in [-0.05, 0) is 61.0 Å². The van der Waals surface area contributed by atoms with Gasteiger partial charge < -0.3 is 5.32 Å². The van der Waals surface area contributed by atoms with Crippen molar-refractivity contribution in [2.45, 2.75) is 31.7 Å². The minimum Gasteiger partial charge on any atom is -0.388 e. The van der Waals surface area contributed by atoms with E-state index in [2.05, 4.69) is 11.9 Å². The van der Waals surface area contributed by atoms with E-state index in [0.29, 0.717) is 34.5 Å². The fourth-order valence-corrected chi connectivity index (χ4v) is 3.63. The molecule has 0 amide bonds. The van der Waals surface area contributed by atoms with Crippen LogP contribution in [0.3, 0.4) is 0 Å². The fraction of sp³-hybridized carbons (Fsp3) is 0.350. The van der Waals surface area contributed by atoms with Crippen LogP contribution in [0.15, 0.2) is 54.8 Å². The van der Waals surface area contributed by atoms with Gasteiger partial charge in [-0.25, -0.2) is 4.42 Å². The first-order chi connectivity index (χ1) is 12.5. The topological polar surface area (TPSA) is 32.3 Å². The number of nitrogens with zero attached hydrogens (tertiary/aromatic N) is 1. The largest absolute Gasteiger partial charge is 0.388 e. The van der Waals surface area contributed by atoms with Gasteiger partial charge in [0.25, 0.3) is 0 Å². The Balaban J connectivity index is 1.90. The van der Waals surface area contributed by atoms with Crippen LogP contribution in [0.2, 0.25) is 10.0 Å². The third kappa shape index (κ3) is 6.48. The zero-order valence-corrected chi connectivity index (χ0v) is 16.8. The van der Waals surface area contributed by atoms with Crippen LogP contribution < -0.4 is 5.32 Å². The van der Waals surface area contributed by atoms with Crippen molar-refractivity contribution in [2.75, 3.05) is 13.1 Å².